The highest BCUT2D eigenvalue weighted by atomic mass is 16.1. The Morgan fingerprint density at radius 1 is 1.29 bits per heavy atom. The number of rotatable bonds is 3. The molecule has 3 nitrogen and oxygen atoms in total. The van der Waals surface area contributed by atoms with E-state index < -0.39 is 0 Å². The fourth-order valence-corrected chi connectivity index (χ4v) is 1.49. The van der Waals surface area contributed by atoms with Gasteiger partial charge in [0.1, 0.15) is 0 Å². The van der Waals surface area contributed by atoms with Gasteiger partial charge in [0.05, 0.1) is 0 Å². The van der Waals surface area contributed by atoms with Crippen molar-refractivity contribution in [3.8, 4) is 0 Å². The van der Waals surface area contributed by atoms with Crippen LogP contribution in [0.15, 0.2) is 24.3 Å². The molecule has 1 atom stereocenters. The molecule has 0 fully saturated rings. The van der Waals surface area contributed by atoms with E-state index in [1.807, 2.05) is 31.2 Å². The number of amides is 1. The van der Waals surface area contributed by atoms with E-state index in [1.54, 1.807) is 0 Å². The van der Waals surface area contributed by atoms with Gasteiger partial charge in [0.15, 0.2) is 0 Å². The summed E-state index contributed by atoms with van der Waals surface area (Å²) in [6, 6.07) is 7.73. The largest absolute Gasteiger partial charge is 0.348 e. The van der Waals surface area contributed by atoms with E-state index in [1.165, 1.54) is 5.56 Å². The molecule has 0 aromatic heterocycles. The smallest absolute Gasteiger partial charge is 0.251 e. The van der Waals surface area contributed by atoms with E-state index in [0.717, 1.165) is 0 Å². The van der Waals surface area contributed by atoms with Gasteiger partial charge in [0.25, 0.3) is 5.91 Å². The molecule has 0 aliphatic carbocycles. The molecule has 3 heteroatoms. The Balaban J connectivity index is 2.78. The van der Waals surface area contributed by atoms with Crippen LogP contribution >= 0.6 is 0 Å². The zero-order chi connectivity index (χ0) is 13.1. The molecule has 0 spiro atoms. The fourth-order valence-electron chi connectivity index (χ4n) is 1.49. The molecule has 0 saturated heterocycles. The molecule has 17 heavy (non-hydrogen) atoms. The molecule has 1 unspecified atom stereocenters. The van der Waals surface area contributed by atoms with Crippen molar-refractivity contribution >= 4 is 5.91 Å². The average Bonchev–Trinajstić information content (AvgIpc) is 2.27. The second-order valence-electron chi connectivity index (χ2n) is 5.44. The summed E-state index contributed by atoms with van der Waals surface area (Å²) in [5, 5.41) is 2.84. The zero-order valence-corrected chi connectivity index (χ0v) is 11.1. The van der Waals surface area contributed by atoms with Gasteiger partial charge in [-0.15, -0.1) is 0 Å². The molecule has 3 N–H and O–H groups in total. The Labute approximate surface area is 103 Å². The van der Waals surface area contributed by atoms with Crippen LogP contribution < -0.4 is 11.1 Å². The number of benzene rings is 1. The quantitative estimate of drug-likeness (QED) is 0.841. The van der Waals surface area contributed by atoms with Gasteiger partial charge < -0.3 is 11.1 Å². The number of hydrogen-bond donors (Lipinski definition) is 2. The molecule has 1 rings (SSSR count). The number of hydrogen-bond acceptors (Lipinski definition) is 2. The third-order valence-corrected chi connectivity index (χ3v) is 2.74. The van der Waals surface area contributed by atoms with Gasteiger partial charge in [-0.3, -0.25) is 4.79 Å². The summed E-state index contributed by atoms with van der Waals surface area (Å²) >= 11 is 0. The number of nitrogens with one attached hydrogen (secondary N) is 1. The normalized spacial score (nSPS) is 13.2. The Morgan fingerprint density at radius 2 is 1.82 bits per heavy atom. The van der Waals surface area contributed by atoms with Gasteiger partial charge in [0.2, 0.25) is 0 Å². The maximum absolute atomic E-state index is 11.8. The number of carbonyl (C=O) groups excluding carboxylic acids is 1. The molecule has 0 heterocycles. The maximum Gasteiger partial charge on any atom is 0.251 e. The molecule has 1 aromatic rings. The van der Waals surface area contributed by atoms with Gasteiger partial charge >= 0.3 is 0 Å². The first kappa shape index (κ1) is 13.7. The number of carbonyl (C=O) groups is 1. The van der Waals surface area contributed by atoms with Crippen molar-refractivity contribution in [3.63, 3.8) is 0 Å². The van der Waals surface area contributed by atoms with E-state index in [4.69, 9.17) is 5.73 Å². The Morgan fingerprint density at radius 3 is 2.24 bits per heavy atom. The van der Waals surface area contributed by atoms with E-state index in [9.17, 15) is 4.79 Å². The third-order valence-electron chi connectivity index (χ3n) is 2.74. The van der Waals surface area contributed by atoms with Crippen molar-refractivity contribution in [3.05, 3.63) is 35.4 Å². The minimum Gasteiger partial charge on any atom is -0.348 e. The van der Waals surface area contributed by atoms with E-state index in [2.05, 4.69) is 26.1 Å². The Bertz CT molecular complexity index is 376. The van der Waals surface area contributed by atoms with Crippen molar-refractivity contribution in [2.45, 2.75) is 39.2 Å². The molecule has 0 aliphatic heterocycles. The van der Waals surface area contributed by atoms with Crippen LogP contribution in [0.1, 0.15) is 43.6 Å². The summed E-state index contributed by atoms with van der Waals surface area (Å²) in [5.74, 6) is -0.0663. The predicted octanol–water partition coefficient (Wildman–Crippen LogP) is 2.06. The first-order valence-electron chi connectivity index (χ1n) is 5.96. The van der Waals surface area contributed by atoms with Crippen LogP contribution in [0.4, 0.5) is 0 Å². The van der Waals surface area contributed by atoms with Crippen LogP contribution in [-0.2, 0) is 5.41 Å². The van der Waals surface area contributed by atoms with Crippen LogP contribution in [0.25, 0.3) is 0 Å². The first-order chi connectivity index (χ1) is 7.84. The van der Waals surface area contributed by atoms with Gasteiger partial charge in [-0.25, -0.2) is 0 Å². The monoisotopic (exact) mass is 234 g/mol. The summed E-state index contributed by atoms with van der Waals surface area (Å²) in [5.41, 5.74) is 7.48. The van der Waals surface area contributed by atoms with E-state index >= 15 is 0 Å². The lowest BCUT2D eigenvalue weighted by atomic mass is 9.86. The van der Waals surface area contributed by atoms with Crippen molar-refractivity contribution in [2.24, 2.45) is 5.73 Å². The van der Waals surface area contributed by atoms with Gasteiger partial charge in [0, 0.05) is 18.2 Å². The Kier molecular flexibility index (Phi) is 4.29. The lowest BCUT2D eigenvalue weighted by Gasteiger charge is -2.19. The summed E-state index contributed by atoms with van der Waals surface area (Å²) in [4.78, 5) is 11.8. The van der Waals surface area contributed by atoms with Crippen LogP contribution in [0.2, 0.25) is 0 Å². The van der Waals surface area contributed by atoms with Crippen molar-refractivity contribution in [1.82, 2.24) is 5.32 Å². The third kappa shape index (κ3) is 3.86. The minimum absolute atomic E-state index is 0.00444. The fraction of sp³-hybridized carbons (Fsp3) is 0.500. The maximum atomic E-state index is 11.8. The summed E-state index contributed by atoms with van der Waals surface area (Å²) in [7, 11) is 0. The molecule has 1 amide bonds. The minimum atomic E-state index is -0.0663. The van der Waals surface area contributed by atoms with Gasteiger partial charge in [-0.2, -0.15) is 0 Å². The molecule has 0 aliphatic rings. The van der Waals surface area contributed by atoms with Crippen LogP contribution in [-0.4, -0.2) is 18.5 Å². The number of nitrogens with two attached hydrogens (primary N) is 1. The van der Waals surface area contributed by atoms with Gasteiger partial charge in [-0.05, 0) is 30.0 Å². The van der Waals surface area contributed by atoms with Crippen molar-refractivity contribution < 1.29 is 4.79 Å². The first-order valence-corrected chi connectivity index (χ1v) is 5.96. The SMILES string of the molecule is CC(CN)NC(=O)c1ccc(C(C)(C)C)cc1. The van der Waals surface area contributed by atoms with Crippen LogP contribution in [0.5, 0.6) is 0 Å². The van der Waals surface area contributed by atoms with E-state index in [-0.39, 0.29) is 17.4 Å². The lowest BCUT2D eigenvalue weighted by molar-refractivity contribution is 0.0941. The zero-order valence-electron chi connectivity index (χ0n) is 11.1. The highest BCUT2D eigenvalue weighted by Crippen LogP contribution is 2.22. The lowest BCUT2D eigenvalue weighted by Crippen LogP contribution is -2.37. The average molecular weight is 234 g/mol. The van der Waals surface area contributed by atoms with Crippen LogP contribution in [0.3, 0.4) is 0 Å². The molecule has 0 bridgehead atoms. The summed E-state index contributed by atoms with van der Waals surface area (Å²) in [6.07, 6.45) is 0. The van der Waals surface area contributed by atoms with Gasteiger partial charge in [-0.1, -0.05) is 32.9 Å². The summed E-state index contributed by atoms with van der Waals surface area (Å²) < 4.78 is 0. The second-order valence-corrected chi connectivity index (χ2v) is 5.44. The molecule has 1 aromatic carbocycles. The predicted molar refractivity (Wildman–Crippen MR) is 71.1 cm³/mol. The molecule has 0 radical (unpaired) electrons. The molecular formula is C14H22N2O. The highest BCUT2D eigenvalue weighted by Gasteiger charge is 2.14. The molecule has 94 valence electrons. The summed E-state index contributed by atoms with van der Waals surface area (Å²) in [6.45, 7) is 8.79. The van der Waals surface area contributed by atoms with Crippen molar-refractivity contribution in [1.29, 1.82) is 0 Å². The second kappa shape index (κ2) is 5.32. The Hall–Kier alpha value is -1.35. The van der Waals surface area contributed by atoms with Crippen LogP contribution in [0, 0.1) is 0 Å². The topological polar surface area (TPSA) is 55.1 Å². The highest BCUT2D eigenvalue weighted by molar-refractivity contribution is 5.94. The van der Waals surface area contributed by atoms with Crippen molar-refractivity contribution in [2.75, 3.05) is 6.54 Å². The standard InChI is InChI=1S/C14H22N2O/c1-10(9-15)16-13(17)11-5-7-12(8-6-11)14(2,3)4/h5-8,10H,9,15H2,1-4H3,(H,16,17). The van der Waals surface area contributed by atoms with E-state index in [0.29, 0.717) is 12.1 Å². The molecule has 0 saturated carbocycles. The molecular weight excluding hydrogens is 212 g/mol.